The number of benzene rings is 1. The highest BCUT2D eigenvalue weighted by Gasteiger charge is 2.60. The number of rotatable bonds is 7. The summed E-state index contributed by atoms with van der Waals surface area (Å²) in [7, 11) is 0. The van der Waals surface area contributed by atoms with Crippen LogP contribution >= 0.6 is 0 Å². The molecule has 0 unspecified atom stereocenters. The van der Waals surface area contributed by atoms with Crippen LogP contribution in [0.15, 0.2) is 29.0 Å². The Morgan fingerprint density at radius 2 is 1.68 bits per heavy atom. The van der Waals surface area contributed by atoms with Crippen LogP contribution in [-0.4, -0.2) is 61.5 Å². The predicted molar refractivity (Wildman–Crippen MR) is 132 cm³/mol. The number of Topliss-reactive ketones (excluding diaryl/α,β-unsaturated/α-hetero) is 2. The second-order valence-electron chi connectivity index (χ2n) is 11.6. The van der Waals surface area contributed by atoms with Crippen molar-refractivity contribution < 1.29 is 34.8 Å². The average molecular weight is 509 g/mol. The summed E-state index contributed by atoms with van der Waals surface area (Å²) in [5.41, 5.74) is 3.74. The van der Waals surface area contributed by atoms with Crippen molar-refractivity contribution in [1.82, 2.24) is 4.90 Å². The molecule has 1 amide bonds. The quantitative estimate of drug-likeness (QED) is 0.350. The van der Waals surface area contributed by atoms with Gasteiger partial charge in [-0.05, 0) is 73.5 Å². The third-order valence-electron chi connectivity index (χ3n) is 8.86. The van der Waals surface area contributed by atoms with Crippen LogP contribution in [0.4, 0.5) is 0 Å². The van der Waals surface area contributed by atoms with E-state index in [2.05, 4.69) is 4.90 Å². The number of amides is 1. The Hall–Kier alpha value is -3.17. The third-order valence-corrected chi connectivity index (χ3v) is 8.86. The Labute approximate surface area is 214 Å². The van der Waals surface area contributed by atoms with Crippen LogP contribution in [-0.2, 0) is 27.3 Å². The lowest BCUT2D eigenvalue weighted by Crippen LogP contribution is -2.58. The lowest BCUT2D eigenvalue weighted by molar-refractivity contribution is -0.147. The lowest BCUT2D eigenvalue weighted by Gasteiger charge is -2.46. The molecule has 37 heavy (non-hydrogen) atoms. The molecule has 0 spiro atoms. The van der Waals surface area contributed by atoms with Gasteiger partial charge in [0.15, 0.2) is 11.4 Å². The fraction of sp³-hybridized carbons (Fsp3) is 0.536. The van der Waals surface area contributed by atoms with Gasteiger partial charge in [0.2, 0.25) is 5.78 Å². The van der Waals surface area contributed by atoms with Crippen molar-refractivity contribution in [2.24, 2.45) is 29.4 Å². The first-order chi connectivity index (χ1) is 17.6. The summed E-state index contributed by atoms with van der Waals surface area (Å²) < 4.78 is 0. The second-order valence-corrected chi connectivity index (χ2v) is 11.6. The van der Waals surface area contributed by atoms with Crippen LogP contribution < -0.4 is 5.73 Å². The number of carbonyl (C=O) groups is 3. The van der Waals surface area contributed by atoms with Gasteiger partial charge in [0, 0.05) is 37.5 Å². The summed E-state index contributed by atoms with van der Waals surface area (Å²) in [6.45, 7) is 2.72. The second kappa shape index (κ2) is 8.43. The molecule has 3 fully saturated rings. The maximum absolute atomic E-state index is 13.6. The van der Waals surface area contributed by atoms with Crippen LogP contribution in [0.3, 0.4) is 0 Å². The predicted octanol–water partition coefficient (Wildman–Crippen LogP) is 2.05. The van der Waals surface area contributed by atoms with Crippen LogP contribution in [0.1, 0.15) is 55.2 Å². The van der Waals surface area contributed by atoms with Crippen molar-refractivity contribution in [1.29, 1.82) is 0 Å². The van der Waals surface area contributed by atoms with E-state index in [1.165, 1.54) is 31.7 Å². The molecule has 0 bridgehead atoms. The highest BCUT2D eigenvalue weighted by molar-refractivity contribution is 6.22. The molecule has 5 aliphatic rings. The zero-order valence-corrected chi connectivity index (χ0v) is 20.6. The van der Waals surface area contributed by atoms with Crippen LogP contribution in [0.2, 0.25) is 0 Å². The molecular weight excluding hydrogens is 476 g/mol. The number of phenolic OH excluding ortho intramolecular Hbond substituents is 1. The minimum Gasteiger partial charge on any atom is -0.508 e. The molecule has 5 aliphatic carbocycles. The number of hydrogen-bond donors (Lipinski definition) is 5. The molecule has 0 aromatic heterocycles. The van der Waals surface area contributed by atoms with E-state index in [4.69, 9.17) is 5.73 Å². The van der Waals surface area contributed by atoms with E-state index in [-0.39, 0.29) is 29.7 Å². The van der Waals surface area contributed by atoms with Crippen LogP contribution in [0.25, 0.3) is 5.76 Å². The number of primary amides is 1. The Balaban J connectivity index is 1.40. The number of aliphatic hydroxyl groups excluding tert-OH is 2. The number of nitrogens with two attached hydrogens (primary N) is 1. The van der Waals surface area contributed by atoms with Gasteiger partial charge in [-0.2, -0.15) is 0 Å². The first kappa shape index (κ1) is 24.2. The van der Waals surface area contributed by atoms with Crippen molar-refractivity contribution in [2.75, 3.05) is 13.1 Å². The molecule has 9 heteroatoms. The number of fused-ring (bicyclic) bond motifs is 3. The molecule has 1 aromatic rings. The smallest absolute Gasteiger partial charge is 0.255 e. The first-order valence-electron chi connectivity index (χ1n) is 13.1. The van der Waals surface area contributed by atoms with Gasteiger partial charge in [-0.25, -0.2) is 0 Å². The van der Waals surface area contributed by atoms with Crippen molar-refractivity contribution >= 4 is 23.2 Å². The Kier molecular flexibility index (Phi) is 5.51. The van der Waals surface area contributed by atoms with Gasteiger partial charge < -0.3 is 26.2 Å². The summed E-state index contributed by atoms with van der Waals surface area (Å²) >= 11 is 0. The number of nitrogens with zero attached hydrogens (tertiary/aromatic N) is 1. The standard InChI is InChI=1S/C28H32N2O7/c29-27(36)23-20(32)9-17-7-16-8-18-15(12-30(10-13-1-2-13)11-14-3-4-14)5-6-19(31)22(18)24(33)21(16)25(34)28(17,37)26(23)35/h5-6,13-14,16-17,31,33,35,37H,1-4,7-12H2,(H2,29,36)/t16-,17+,28+/m1/s1. The number of phenols is 1. The minimum atomic E-state index is -2.53. The van der Waals surface area contributed by atoms with Crippen molar-refractivity contribution in [3.05, 3.63) is 45.7 Å². The normalized spacial score (nSPS) is 29.4. The van der Waals surface area contributed by atoms with E-state index in [1.807, 2.05) is 6.07 Å². The van der Waals surface area contributed by atoms with E-state index in [1.54, 1.807) is 0 Å². The maximum Gasteiger partial charge on any atom is 0.255 e. The molecule has 6 N–H and O–H groups in total. The zero-order valence-electron chi connectivity index (χ0n) is 20.6. The fourth-order valence-corrected chi connectivity index (χ4v) is 6.61. The van der Waals surface area contributed by atoms with Gasteiger partial charge in [-0.3, -0.25) is 19.3 Å². The minimum absolute atomic E-state index is 0.101. The summed E-state index contributed by atoms with van der Waals surface area (Å²) in [6.07, 6.45) is 5.15. The first-order valence-corrected chi connectivity index (χ1v) is 13.1. The summed E-state index contributed by atoms with van der Waals surface area (Å²) in [6, 6.07) is 3.39. The van der Waals surface area contributed by atoms with Crippen molar-refractivity contribution in [2.45, 2.75) is 57.1 Å². The molecule has 0 saturated heterocycles. The molecule has 0 heterocycles. The molecule has 1 aromatic carbocycles. The van der Waals surface area contributed by atoms with E-state index < -0.39 is 52.0 Å². The van der Waals surface area contributed by atoms with Gasteiger partial charge in [-0.15, -0.1) is 0 Å². The van der Waals surface area contributed by atoms with Gasteiger partial charge >= 0.3 is 0 Å². The average Bonchev–Trinajstić information content (AvgIpc) is 3.75. The topological polar surface area (TPSA) is 161 Å². The fourth-order valence-electron chi connectivity index (χ4n) is 6.61. The van der Waals surface area contributed by atoms with Gasteiger partial charge in [-0.1, -0.05) is 6.07 Å². The van der Waals surface area contributed by atoms with Crippen LogP contribution in [0, 0.1) is 23.7 Å². The van der Waals surface area contributed by atoms with E-state index in [0.717, 1.165) is 36.1 Å². The Bertz CT molecular complexity index is 1280. The monoisotopic (exact) mass is 508 g/mol. The largest absolute Gasteiger partial charge is 0.508 e. The zero-order chi connectivity index (χ0) is 26.2. The number of hydrogen-bond acceptors (Lipinski definition) is 8. The number of ketones is 2. The van der Waals surface area contributed by atoms with E-state index in [0.29, 0.717) is 13.0 Å². The number of aliphatic hydroxyl groups is 3. The number of carbonyl (C=O) groups excluding carboxylic acids is 3. The summed E-state index contributed by atoms with van der Waals surface area (Å²) in [4.78, 5) is 40.4. The SMILES string of the molecule is NC(=O)C1=C(O)[C@@]2(O)C(=O)C3=C(O)c4c(O)ccc(CN(CC5CC5)CC5CC5)c4C[C@H]3C[C@H]2CC1=O. The number of aromatic hydroxyl groups is 1. The molecule has 0 radical (unpaired) electrons. The van der Waals surface area contributed by atoms with E-state index in [9.17, 15) is 34.8 Å². The van der Waals surface area contributed by atoms with Crippen molar-refractivity contribution in [3.63, 3.8) is 0 Å². The highest BCUT2D eigenvalue weighted by atomic mass is 16.3. The Morgan fingerprint density at radius 3 is 2.27 bits per heavy atom. The molecule has 9 nitrogen and oxygen atoms in total. The summed E-state index contributed by atoms with van der Waals surface area (Å²) in [5, 5.41) is 44.1. The lowest BCUT2D eigenvalue weighted by atomic mass is 9.59. The van der Waals surface area contributed by atoms with Gasteiger partial charge in [0.25, 0.3) is 5.91 Å². The third kappa shape index (κ3) is 3.87. The van der Waals surface area contributed by atoms with E-state index >= 15 is 0 Å². The van der Waals surface area contributed by atoms with Gasteiger partial charge in [0.05, 0.1) is 5.56 Å². The molecular formula is C28H32N2O7. The van der Waals surface area contributed by atoms with Gasteiger partial charge in [0.1, 0.15) is 22.8 Å². The Morgan fingerprint density at radius 1 is 1.03 bits per heavy atom. The van der Waals surface area contributed by atoms with Crippen molar-refractivity contribution in [3.8, 4) is 5.75 Å². The summed E-state index contributed by atoms with van der Waals surface area (Å²) in [5.74, 6) is -4.58. The molecule has 3 saturated carbocycles. The molecule has 196 valence electrons. The highest BCUT2D eigenvalue weighted by Crippen LogP contribution is 2.52. The molecule has 6 rings (SSSR count). The maximum atomic E-state index is 13.6. The molecule has 3 atom stereocenters. The molecule has 0 aliphatic heterocycles. The van der Waals surface area contributed by atoms with Crippen LogP contribution in [0.5, 0.6) is 5.75 Å².